The van der Waals surface area contributed by atoms with Crippen LogP contribution in [0.25, 0.3) is 5.73 Å². The Kier molecular flexibility index (Phi) is 7.90. The second-order valence-corrected chi connectivity index (χ2v) is 4.54. The summed E-state index contributed by atoms with van der Waals surface area (Å²) in [6.07, 6.45) is 0.981. The Labute approximate surface area is 121 Å². The fourth-order valence-electron chi connectivity index (χ4n) is 1.44. The average Bonchev–Trinajstić information content (AvgIpc) is 2.27. The van der Waals surface area contributed by atoms with Crippen LogP contribution in [0.2, 0.25) is 0 Å². The van der Waals surface area contributed by atoms with Gasteiger partial charge in [0.05, 0.1) is 0 Å². The van der Waals surface area contributed by atoms with Gasteiger partial charge in [0.2, 0.25) is 0 Å². The van der Waals surface area contributed by atoms with E-state index in [0.29, 0.717) is 4.15 Å². The number of hydrogen-bond acceptors (Lipinski definition) is 2. The first kappa shape index (κ1) is 15.1. The van der Waals surface area contributed by atoms with E-state index >= 15 is 0 Å². The quantitative estimate of drug-likeness (QED) is 0.586. The molecule has 1 fully saturated rings. The van der Waals surface area contributed by atoms with Gasteiger partial charge in [-0.15, -0.1) is 0 Å². The Hall–Kier alpha value is 1.05. The van der Waals surface area contributed by atoms with Crippen molar-refractivity contribution < 1.29 is 56.9 Å². The fourth-order valence-corrected chi connectivity index (χ4v) is 2.09. The number of nitrogens with zero attached hydrogens (tertiary/aromatic N) is 2. The maximum Gasteiger partial charge on any atom is 0 e. The van der Waals surface area contributed by atoms with E-state index in [2.05, 4.69) is 4.90 Å². The number of nitrogens with one attached hydrogen (secondary N) is 1. The predicted octanol–water partition coefficient (Wildman–Crippen LogP) is 0.224. The number of carbonyl (C=O) groups is 1. The van der Waals surface area contributed by atoms with Crippen molar-refractivity contribution in [3.63, 3.8) is 0 Å². The summed E-state index contributed by atoms with van der Waals surface area (Å²) < 4.78 is 0.686. The summed E-state index contributed by atoms with van der Waals surface area (Å²) in [5.41, 5.74) is 7.52. The Balaban J connectivity index is 0.00000169. The Bertz CT molecular complexity index is 203. The molecule has 1 amide bonds. The van der Waals surface area contributed by atoms with Crippen LogP contribution < -0.4 is 0 Å². The van der Waals surface area contributed by atoms with Crippen LogP contribution in [0.15, 0.2) is 0 Å². The Morgan fingerprint density at radius 1 is 1.21 bits per heavy atom. The topological polar surface area (TPSA) is 47.4 Å². The zero-order chi connectivity index (χ0) is 9.84. The van der Waals surface area contributed by atoms with Crippen LogP contribution in [0.4, 0.5) is 0 Å². The number of hydrogen-bond donors (Lipinski definition) is 0. The molecule has 0 bridgehead atoms. The molecule has 1 heterocycles. The van der Waals surface area contributed by atoms with Crippen molar-refractivity contribution in [3.05, 3.63) is 5.73 Å². The van der Waals surface area contributed by atoms with Crippen LogP contribution in [0, 0.1) is 0 Å². The van der Waals surface area contributed by atoms with Crippen molar-refractivity contribution >= 4 is 10.1 Å². The molecule has 77 valence electrons. The van der Waals surface area contributed by atoms with Crippen LogP contribution in [-0.4, -0.2) is 46.0 Å². The largest absolute Gasteiger partial charge is 0 e. The van der Waals surface area contributed by atoms with Crippen molar-refractivity contribution in [1.29, 1.82) is 0 Å². The molecule has 14 heavy (non-hydrogen) atoms. The number of amides is 1. The van der Waals surface area contributed by atoms with Crippen LogP contribution in [0.5, 0.6) is 0 Å². The molecule has 0 spiro atoms. The van der Waals surface area contributed by atoms with E-state index in [1.165, 1.54) is 19.4 Å². The number of carbonyl (C=O) groups excluding carboxylic acids is 1. The van der Waals surface area contributed by atoms with Crippen LogP contribution in [0.1, 0.15) is 13.3 Å². The molecular formula is C8H14N3OWY-. The molecule has 0 atom stereocenters. The van der Waals surface area contributed by atoms with E-state index in [0.717, 1.165) is 32.6 Å². The first-order chi connectivity index (χ1) is 6.11. The molecule has 1 N–H and O–H groups in total. The van der Waals surface area contributed by atoms with Crippen molar-refractivity contribution in [3.8, 4) is 0 Å². The van der Waals surface area contributed by atoms with Crippen LogP contribution >= 0.6 is 0 Å². The van der Waals surface area contributed by atoms with Gasteiger partial charge < -0.3 is 0 Å². The monoisotopic (exact) mass is 441 g/mol. The summed E-state index contributed by atoms with van der Waals surface area (Å²) in [7, 11) is 0. The Morgan fingerprint density at radius 2 is 1.71 bits per heavy atom. The first-order valence-corrected chi connectivity index (χ1v) is 5.84. The van der Waals surface area contributed by atoms with E-state index in [4.69, 9.17) is 5.73 Å². The Morgan fingerprint density at radius 3 is 2.21 bits per heavy atom. The van der Waals surface area contributed by atoms with E-state index in [-0.39, 0.29) is 38.6 Å². The molecule has 0 aromatic rings. The zero-order valence-electron chi connectivity index (χ0n) is 8.32. The molecule has 6 heteroatoms. The molecule has 0 unspecified atom stereocenters. The van der Waals surface area contributed by atoms with Gasteiger partial charge >= 0.3 is 89.3 Å². The van der Waals surface area contributed by atoms with Gasteiger partial charge in [-0.25, -0.2) is 0 Å². The van der Waals surface area contributed by atoms with E-state index in [1.54, 1.807) is 6.92 Å². The van der Waals surface area contributed by atoms with E-state index in [9.17, 15) is 4.79 Å². The minimum Gasteiger partial charge on any atom is 0 e. The number of rotatable bonds is 1. The maximum atomic E-state index is 11.1. The third-order valence-corrected chi connectivity index (χ3v) is 3.16. The third kappa shape index (κ3) is 4.72. The molecule has 1 aliphatic rings. The molecule has 0 saturated carbocycles. The molecule has 0 aromatic heterocycles. The molecule has 4 nitrogen and oxygen atoms in total. The molecule has 1 saturated heterocycles. The van der Waals surface area contributed by atoms with Gasteiger partial charge in [-0.3, -0.25) is 0 Å². The normalized spacial score (nSPS) is 18.3. The summed E-state index contributed by atoms with van der Waals surface area (Å²) in [5, 5.41) is 0. The summed E-state index contributed by atoms with van der Waals surface area (Å²) in [6.45, 7) is 4.96. The maximum absolute atomic E-state index is 11.1. The molecule has 1 rings (SSSR count). The van der Waals surface area contributed by atoms with Crippen LogP contribution in [-0.2, 0) is 56.9 Å². The summed E-state index contributed by atoms with van der Waals surface area (Å²) in [6, 6.07) is 0. The van der Waals surface area contributed by atoms with Gasteiger partial charge in [0.1, 0.15) is 0 Å². The van der Waals surface area contributed by atoms with Crippen molar-refractivity contribution in [1.82, 2.24) is 9.80 Å². The fraction of sp³-hybridized carbons (Fsp3) is 0.750. The predicted molar refractivity (Wildman–Crippen MR) is 47.8 cm³/mol. The SMILES string of the molecule is CC(=O)N1CCCN([C]([NH-])=[W])CC1.[Y]. The van der Waals surface area contributed by atoms with Crippen molar-refractivity contribution in [2.75, 3.05) is 26.2 Å². The summed E-state index contributed by atoms with van der Waals surface area (Å²) >= 11 is 1.20. The third-order valence-electron chi connectivity index (χ3n) is 2.23. The van der Waals surface area contributed by atoms with Gasteiger partial charge in [-0.1, -0.05) is 0 Å². The van der Waals surface area contributed by atoms with Gasteiger partial charge in [0.15, 0.2) is 0 Å². The molecule has 1 aliphatic heterocycles. The van der Waals surface area contributed by atoms with Gasteiger partial charge in [-0.05, 0) is 0 Å². The minimum absolute atomic E-state index is 0. The van der Waals surface area contributed by atoms with Crippen molar-refractivity contribution in [2.45, 2.75) is 13.3 Å². The standard InChI is InChI=1S/C8H14N3O.W.Y/c1-8(12)11-4-2-3-10(7-9)5-6-11;;/h9H,2-6H2,1H3;;/q-1;;. The molecular weight excluding hydrogens is 427 g/mol. The zero-order valence-corrected chi connectivity index (χ0v) is 14.1. The smallest absolute Gasteiger partial charge is 0 e. The summed E-state index contributed by atoms with van der Waals surface area (Å²) in [4.78, 5) is 15.0. The van der Waals surface area contributed by atoms with E-state index in [1.807, 2.05) is 4.90 Å². The van der Waals surface area contributed by atoms with E-state index < -0.39 is 0 Å². The summed E-state index contributed by atoms with van der Waals surface area (Å²) in [5.74, 6) is 0.150. The van der Waals surface area contributed by atoms with Gasteiger partial charge in [-0.2, -0.15) is 0 Å². The second kappa shape index (κ2) is 7.35. The first-order valence-electron chi connectivity index (χ1n) is 4.37. The molecule has 0 aliphatic carbocycles. The second-order valence-electron chi connectivity index (χ2n) is 3.15. The minimum atomic E-state index is 0. The van der Waals surface area contributed by atoms with Gasteiger partial charge in [0, 0.05) is 32.7 Å². The van der Waals surface area contributed by atoms with Gasteiger partial charge in [0.25, 0.3) is 0 Å². The molecule has 1 radical (unpaired) electrons. The average molecular weight is 441 g/mol. The molecule has 0 aromatic carbocycles. The van der Waals surface area contributed by atoms with Crippen molar-refractivity contribution in [2.24, 2.45) is 0 Å². The van der Waals surface area contributed by atoms with Crippen LogP contribution in [0.3, 0.4) is 0 Å².